The molecule has 0 bridgehead atoms. The van der Waals surface area contributed by atoms with Crippen LogP contribution >= 0.6 is 11.6 Å². The lowest BCUT2D eigenvalue weighted by molar-refractivity contribution is -0.120. The van der Waals surface area contributed by atoms with Gasteiger partial charge in [0, 0.05) is 0 Å². The van der Waals surface area contributed by atoms with Gasteiger partial charge in [0.1, 0.15) is 16.5 Å². The molecule has 0 atom stereocenters. The Morgan fingerprint density at radius 2 is 1.77 bits per heavy atom. The quantitative estimate of drug-likeness (QED) is 0.387. The van der Waals surface area contributed by atoms with Gasteiger partial charge in [0.05, 0.1) is 30.7 Å². The highest BCUT2D eigenvalue weighted by atomic mass is 35.5. The van der Waals surface area contributed by atoms with Crippen LogP contribution in [0, 0.1) is 0 Å². The molecule has 0 aromatic heterocycles. The van der Waals surface area contributed by atoms with Gasteiger partial charge < -0.3 is 14.8 Å². The molecule has 3 rings (SSSR count). The largest absolute Gasteiger partial charge is 0.495 e. The van der Waals surface area contributed by atoms with E-state index in [4.69, 9.17) is 21.1 Å². The molecule has 0 unspecified atom stereocenters. The number of esters is 1. The number of para-hydroxylation sites is 3. The molecule has 0 fully saturated rings. The topological polar surface area (TPSA) is 84.9 Å². The average Bonchev–Trinajstić information content (AvgIpc) is 2.97. The van der Waals surface area contributed by atoms with Crippen LogP contribution < -0.4 is 15.0 Å². The van der Waals surface area contributed by atoms with E-state index in [9.17, 15) is 14.4 Å². The van der Waals surface area contributed by atoms with Crippen LogP contribution in [0.1, 0.15) is 30.1 Å². The first-order valence-electron chi connectivity index (χ1n) is 9.44. The SMILES string of the molecule is CCCCOC(=O)c1ccccc1N1C(=O)C(Cl)=C(Nc2ccccc2OC)C1=O. The fourth-order valence-electron chi connectivity index (χ4n) is 2.94. The number of carbonyl (C=O) groups excluding carboxylic acids is 3. The van der Waals surface area contributed by atoms with E-state index in [-0.39, 0.29) is 28.6 Å². The summed E-state index contributed by atoms with van der Waals surface area (Å²) in [7, 11) is 1.49. The highest BCUT2D eigenvalue weighted by Crippen LogP contribution is 2.34. The lowest BCUT2D eigenvalue weighted by Gasteiger charge is -2.18. The van der Waals surface area contributed by atoms with Crippen molar-refractivity contribution in [2.75, 3.05) is 23.9 Å². The van der Waals surface area contributed by atoms with Gasteiger partial charge in [-0.2, -0.15) is 0 Å². The zero-order valence-electron chi connectivity index (χ0n) is 16.6. The van der Waals surface area contributed by atoms with Gasteiger partial charge in [-0.3, -0.25) is 9.59 Å². The number of unbranched alkanes of at least 4 members (excludes halogenated alkanes) is 1. The van der Waals surface area contributed by atoms with E-state index in [1.807, 2.05) is 6.92 Å². The first kappa shape index (κ1) is 21.4. The van der Waals surface area contributed by atoms with Gasteiger partial charge in [-0.25, -0.2) is 9.69 Å². The summed E-state index contributed by atoms with van der Waals surface area (Å²) in [5, 5.41) is 2.60. The van der Waals surface area contributed by atoms with Crippen molar-refractivity contribution in [1.82, 2.24) is 0 Å². The summed E-state index contributed by atoms with van der Waals surface area (Å²) in [6, 6.07) is 13.2. The van der Waals surface area contributed by atoms with Crippen molar-refractivity contribution in [1.29, 1.82) is 0 Å². The second-order valence-corrected chi connectivity index (χ2v) is 6.84. The van der Waals surface area contributed by atoms with Crippen LogP contribution in [0.2, 0.25) is 0 Å². The lowest BCUT2D eigenvalue weighted by Crippen LogP contribution is -2.33. The van der Waals surface area contributed by atoms with Crippen LogP contribution in [-0.4, -0.2) is 31.5 Å². The summed E-state index contributed by atoms with van der Waals surface area (Å²) in [5.74, 6) is -1.53. The summed E-state index contributed by atoms with van der Waals surface area (Å²) in [6.07, 6.45) is 1.59. The lowest BCUT2D eigenvalue weighted by atomic mass is 10.1. The van der Waals surface area contributed by atoms with Crippen molar-refractivity contribution in [3.63, 3.8) is 0 Å². The molecule has 0 saturated heterocycles. The first-order chi connectivity index (χ1) is 14.5. The smallest absolute Gasteiger partial charge is 0.340 e. The Balaban J connectivity index is 1.90. The normalized spacial score (nSPS) is 13.6. The Kier molecular flexibility index (Phi) is 6.74. The molecule has 30 heavy (non-hydrogen) atoms. The highest BCUT2D eigenvalue weighted by molar-refractivity contribution is 6.53. The molecule has 1 aliphatic rings. The summed E-state index contributed by atoms with van der Waals surface area (Å²) in [4.78, 5) is 39.2. The number of ether oxygens (including phenoxy) is 2. The van der Waals surface area contributed by atoms with Crippen molar-refractivity contribution < 1.29 is 23.9 Å². The third-order valence-corrected chi connectivity index (χ3v) is 4.84. The Bertz CT molecular complexity index is 1020. The number of nitrogens with one attached hydrogen (secondary N) is 1. The molecule has 0 aliphatic carbocycles. The molecule has 8 heteroatoms. The van der Waals surface area contributed by atoms with Crippen LogP contribution in [0.3, 0.4) is 0 Å². The van der Waals surface area contributed by atoms with E-state index in [0.717, 1.165) is 17.7 Å². The number of amides is 2. The second kappa shape index (κ2) is 9.45. The monoisotopic (exact) mass is 428 g/mol. The zero-order valence-corrected chi connectivity index (χ0v) is 17.4. The van der Waals surface area contributed by atoms with Crippen molar-refractivity contribution in [2.24, 2.45) is 0 Å². The number of halogens is 1. The van der Waals surface area contributed by atoms with Crippen LogP contribution in [0.15, 0.2) is 59.3 Å². The molecular formula is C22H21ClN2O5. The summed E-state index contributed by atoms with van der Waals surface area (Å²) in [5.41, 5.74) is 0.603. The number of carbonyl (C=O) groups is 3. The summed E-state index contributed by atoms with van der Waals surface area (Å²) < 4.78 is 10.5. The molecule has 2 aromatic rings. The first-order valence-corrected chi connectivity index (χ1v) is 9.82. The Hall–Kier alpha value is -3.32. The van der Waals surface area contributed by atoms with Gasteiger partial charge in [-0.05, 0) is 30.7 Å². The van der Waals surface area contributed by atoms with Crippen LogP contribution in [0.25, 0.3) is 0 Å². The fourth-order valence-corrected chi connectivity index (χ4v) is 3.15. The highest BCUT2D eigenvalue weighted by Gasteiger charge is 2.40. The molecule has 7 nitrogen and oxygen atoms in total. The fraction of sp³-hybridized carbons (Fsp3) is 0.227. The molecule has 1 aliphatic heterocycles. The van der Waals surface area contributed by atoms with E-state index >= 15 is 0 Å². The van der Waals surface area contributed by atoms with Crippen LogP contribution in [0.5, 0.6) is 5.75 Å². The molecule has 2 amide bonds. The van der Waals surface area contributed by atoms with E-state index in [0.29, 0.717) is 11.4 Å². The maximum atomic E-state index is 13.1. The molecule has 156 valence electrons. The standard InChI is InChI=1S/C22H21ClN2O5/c1-3-4-13-30-22(28)14-9-5-7-11-16(14)25-20(26)18(23)19(21(25)27)24-15-10-6-8-12-17(15)29-2/h5-12,24H,3-4,13H2,1-2H3. The van der Waals surface area contributed by atoms with Gasteiger partial charge in [-0.1, -0.05) is 49.2 Å². The predicted octanol–water partition coefficient (Wildman–Crippen LogP) is 4.09. The minimum Gasteiger partial charge on any atom is -0.495 e. The zero-order chi connectivity index (χ0) is 21.7. The third-order valence-electron chi connectivity index (χ3n) is 4.49. The molecule has 2 aromatic carbocycles. The van der Waals surface area contributed by atoms with Crippen molar-refractivity contribution in [3.8, 4) is 5.75 Å². The predicted molar refractivity (Wildman–Crippen MR) is 114 cm³/mol. The number of rotatable bonds is 8. The van der Waals surface area contributed by atoms with Gasteiger partial charge >= 0.3 is 5.97 Å². The third kappa shape index (κ3) is 4.16. The number of methoxy groups -OCH3 is 1. The molecule has 1 N–H and O–H groups in total. The summed E-state index contributed by atoms with van der Waals surface area (Å²) >= 11 is 6.20. The van der Waals surface area contributed by atoms with Crippen LogP contribution in [0.4, 0.5) is 11.4 Å². The molecular weight excluding hydrogens is 408 g/mol. The van der Waals surface area contributed by atoms with Crippen molar-refractivity contribution in [2.45, 2.75) is 19.8 Å². The van der Waals surface area contributed by atoms with Gasteiger partial charge in [0.2, 0.25) is 0 Å². The number of hydrogen-bond acceptors (Lipinski definition) is 6. The Morgan fingerprint density at radius 1 is 1.07 bits per heavy atom. The molecule has 0 spiro atoms. The minimum atomic E-state index is -0.729. The number of benzene rings is 2. The van der Waals surface area contributed by atoms with Crippen molar-refractivity contribution >= 4 is 40.8 Å². The minimum absolute atomic E-state index is 0.0969. The maximum Gasteiger partial charge on any atom is 0.340 e. The van der Waals surface area contributed by atoms with E-state index < -0.39 is 17.8 Å². The van der Waals surface area contributed by atoms with Gasteiger partial charge in [0.15, 0.2) is 0 Å². The van der Waals surface area contributed by atoms with E-state index in [1.165, 1.54) is 19.2 Å². The number of imide groups is 1. The Morgan fingerprint density at radius 3 is 2.50 bits per heavy atom. The van der Waals surface area contributed by atoms with Gasteiger partial charge in [-0.15, -0.1) is 0 Å². The molecule has 0 saturated carbocycles. The van der Waals surface area contributed by atoms with Crippen molar-refractivity contribution in [3.05, 3.63) is 64.8 Å². The maximum absolute atomic E-state index is 13.1. The van der Waals surface area contributed by atoms with E-state index in [1.54, 1.807) is 36.4 Å². The van der Waals surface area contributed by atoms with Gasteiger partial charge in [0.25, 0.3) is 11.8 Å². The number of nitrogens with zero attached hydrogens (tertiary/aromatic N) is 1. The van der Waals surface area contributed by atoms with Crippen LogP contribution in [-0.2, 0) is 14.3 Å². The number of anilines is 2. The molecule has 1 heterocycles. The number of hydrogen-bond donors (Lipinski definition) is 1. The van der Waals surface area contributed by atoms with E-state index in [2.05, 4.69) is 5.32 Å². The second-order valence-electron chi connectivity index (χ2n) is 6.47. The summed E-state index contributed by atoms with van der Waals surface area (Å²) in [6.45, 7) is 2.23. The average molecular weight is 429 g/mol. The Labute approximate surface area is 179 Å². The molecule has 0 radical (unpaired) electrons.